The summed E-state index contributed by atoms with van der Waals surface area (Å²) in [6.07, 6.45) is 3.59. The van der Waals surface area contributed by atoms with Gasteiger partial charge in [-0.25, -0.2) is 4.79 Å². The maximum absolute atomic E-state index is 11.4. The Labute approximate surface area is 75.3 Å². The fourth-order valence-electron chi connectivity index (χ4n) is 1.37. The number of hydrogen-bond donors (Lipinski definition) is 1. The maximum atomic E-state index is 11.4. The van der Waals surface area contributed by atoms with Crippen molar-refractivity contribution in [3.63, 3.8) is 0 Å². The van der Waals surface area contributed by atoms with Crippen LogP contribution in [0.15, 0.2) is 35.1 Å². The number of imidazole rings is 1. The van der Waals surface area contributed by atoms with Crippen LogP contribution < -0.4 is 5.69 Å². The lowest BCUT2D eigenvalue weighted by atomic mass is 10.3. The first-order chi connectivity index (χ1) is 6.33. The van der Waals surface area contributed by atoms with Crippen LogP contribution in [0, 0.1) is 0 Å². The number of nitrogens with zero attached hydrogens (tertiary/aromatic N) is 1. The van der Waals surface area contributed by atoms with Gasteiger partial charge in [0.2, 0.25) is 0 Å². The standard InChI is InChI=1S/C10H10N2O/c1-2-7-12-9-6-4-3-5-8(9)11-10(12)13/h2-7H,1H3,(H,11,13). The van der Waals surface area contributed by atoms with Gasteiger partial charge >= 0.3 is 5.69 Å². The summed E-state index contributed by atoms with van der Waals surface area (Å²) in [5.74, 6) is 0. The highest BCUT2D eigenvalue weighted by molar-refractivity contribution is 5.77. The summed E-state index contributed by atoms with van der Waals surface area (Å²) in [4.78, 5) is 14.2. The number of nitrogens with one attached hydrogen (secondary N) is 1. The largest absolute Gasteiger partial charge is 0.330 e. The molecule has 0 amide bonds. The van der Waals surface area contributed by atoms with Gasteiger partial charge in [0.25, 0.3) is 0 Å². The van der Waals surface area contributed by atoms with Crippen molar-refractivity contribution < 1.29 is 0 Å². The molecule has 3 heteroatoms. The molecule has 13 heavy (non-hydrogen) atoms. The molecule has 1 N–H and O–H groups in total. The summed E-state index contributed by atoms with van der Waals surface area (Å²) in [6.45, 7) is 1.88. The molecule has 1 aromatic carbocycles. The Morgan fingerprint density at radius 2 is 2.15 bits per heavy atom. The van der Waals surface area contributed by atoms with Crippen LogP contribution >= 0.6 is 0 Å². The molecule has 2 rings (SSSR count). The van der Waals surface area contributed by atoms with Gasteiger partial charge in [0, 0.05) is 6.20 Å². The van der Waals surface area contributed by atoms with Gasteiger partial charge in [-0.3, -0.25) is 4.57 Å². The topological polar surface area (TPSA) is 37.8 Å². The van der Waals surface area contributed by atoms with Crippen LogP contribution in [-0.4, -0.2) is 9.55 Å². The highest BCUT2D eigenvalue weighted by atomic mass is 16.1. The van der Waals surface area contributed by atoms with Crippen molar-refractivity contribution in [2.75, 3.05) is 0 Å². The molecular formula is C10H10N2O. The normalized spacial score (nSPS) is 11.5. The van der Waals surface area contributed by atoms with Crippen LogP contribution in [0.4, 0.5) is 0 Å². The number of para-hydroxylation sites is 2. The van der Waals surface area contributed by atoms with Crippen LogP contribution in [-0.2, 0) is 0 Å². The monoisotopic (exact) mass is 174 g/mol. The first-order valence-corrected chi connectivity index (χ1v) is 4.15. The zero-order chi connectivity index (χ0) is 9.26. The zero-order valence-electron chi connectivity index (χ0n) is 7.32. The van der Waals surface area contributed by atoms with E-state index < -0.39 is 0 Å². The van der Waals surface area contributed by atoms with Crippen molar-refractivity contribution in [1.82, 2.24) is 9.55 Å². The smallest absolute Gasteiger partial charge is 0.305 e. The number of fused-ring (bicyclic) bond motifs is 1. The molecule has 0 bridgehead atoms. The number of hydrogen-bond acceptors (Lipinski definition) is 1. The Balaban J connectivity index is 2.86. The minimum absolute atomic E-state index is 0.0979. The van der Waals surface area contributed by atoms with Gasteiger partial charge in [0.1, 0.15) is 0 Å². The summed E-state index contributed by atoms with van der Waals surface area (Å²) in [5.41, 5.74) is 1.68. The molecule has 0 aliphatic carbocycles. The van der Waals surface area contributed by atoms with Crippen LogP contribution in [0.5, 0.6) is 0 Å². The Morgan fingerprint density at radius 3 is 2.92 bits per heavy atom. The number of aromatic amines is 1. The van der Waals surface area contributed by atoms with E-state index in [1.165, 1.54) is 0 Å². The summed E-state index contributed by atoms with van der Waals surface area (Å²) < 4.78 is 1.59. The molecule has 0 atom stereocenters. The zero-order valence-corrected chi connectivity index (χ0v) is 7.32. The molecule has 0 saturated heterocycles. The fourth-order valence-corrected chi connectivity index (χ4v) is 1.37. The van der Waals surface area contributed by atoms with E-state index in [9.17, 15) is 4.79 Å². The third-order valence-corrected chi connectivity index (χ3v) is 1.92. The molecule has 0 radical (unpaired) electrons. The van der Waals surface area contributed by atoms with E-state index in [-0.39, 0.29) is 5.69 Å². The molecule has 3 nitrogen and oxygen atoms in total. The molecule has 0 aliphatic rings. The molecule has 2 aromatic rings. The minimum atomic E-state index is -0.0979. The first-order valence-electron chi connectivity index (χ1n) is 4.15. The molecule has 0 unspecified atom stereocenters. The summed E-state index contributed by atoms with van der Waals surface area (Å²) in [7, 11) is 0. The number of H-pyrrole nitrogens is 1. The second-order valence-corrected chi connectivity index (χ2v) is 2.80. The molecular weight excluding hydrogens is 164 g/mol. The van der Waals surface area contributed by atoms with Gasteiger partial charge in [0.15, 0.2) is 0 Å². The van der Waals surface area contributed by atoms with Gasteiger partial charge in [-0.2, -0.15) is 0 Å². The lowest BCUT2D eigenvalue weighted by Crippen LogP contribution is -2.10. The number of aromatic nitrogens is 2. The SMILES string of the molecule is CC=Cn1c(=O)[nH]c2ccccc21. The van der Waals surface area contributed by atoms with Crippen molar-refractivity contribution >= 4 is 17.2 Å². The van der Waals surface area contributed by atoms with Crippen molar-refractivity contribution in [1.29, 1.82) is 0 Å². The predicted octanol–water partition coefficient (Wildman–Crippen LogP) is 1.82. The van der Waals surface area contributed by atoms with Crippen LogP contribution in [0.1, 0.15) is 6.92 Å². The van der Waals surface area contributed by atoms with Gasteiger partial charge in [-0.15, -0.1) is 0 Å². The van der Waals surface area contributed by atoms with Crippen LogP contribution in [0.3, 0.4) is 0 Å². The molecule has 0 saturated carbocycles. The Kier molecular flexibility index (Phi) is 1.77. The predicted molar refractivity (Wildman–Crippen MR) is 53.6 cm³/mol. The molecule has 0 spiro atoms. The summed E-state index contributed by atoms with van der Waals surface area (Å²) >= 11 is 0. The minimum Gasteiger partial charge on any atom is -0.305 e. The van der Waals surface area contributed by atoms with Gasteiger partial charge in [-0.05, 0) is 19.1 Å². The average molecular weight is 174 g/mol. The molecule has 0 aliphatic heterocycles. The summed E-state index contributed by atoms with van der Waals surface area (Å²) in [5, 5.41) is 0. The van der Waals surface area contributed by atoms with Crippen molar-refractivity contribution in [2.45, 2.75) is 6.92 Å². The van der Waals surface area contributed by atoms with Gasteiger partial charge < -0.3 is 4.98 Å². The third kappa shape index (κ3) is 1.18. The van der Waals surface area contributed by atoms with Crippen LogP contribution in [0.2, 0.25) is 0 Å². The van der Waals surface area contributed by atoms with E-state index in [1.54, 1.807) is 10.8 Å². The van der Waals surface area contributed by atoms with E-state index in [4.69, 9.17) is 0 Å². The van der Waals surface area contributed by atoms with E-state index in [2.05, 4.69) is 4.98 Å². The lowest BCUT2D eigenvalue weighted by Gasteiger charge is -1.92. The third-order valence-electron chi connectivity index (χ3n) is 1.92. The average Bonchev–Trinajstić information content (AvgIpc) is 2.44. The number of allylic oxidation sites excluding steroid dienone is 1. The van der Waals surface area contributed by atoms with E-state index in [1.807, 2.05) is 37.3 Å². The number of rotatable bonds is 1. The highest BCUT2D eigenvalue weighted by Gasteiger charge is 2.00. The van der Waals surface area contributed by atoms with Crippen LogP contribution in [0.25, 0.3) is 17.2 Å². The summed E-state index contributed by atoms with van der Waals surface area (Å²) in [6, 6.07) is 7.61. The second kappa shape index (κ2) is 2.94. The van der Waals surface area contributed by atoms with Crippen molar-refractivity contribution in [3.05, 3.63) is 40.8 Å². The second-order valence-electron chi connectivity index (χ2n) is 2.80. The Hall–Kier alpha value is -1.77. The maximum Gasteiger partial charge on any atom is 0.330 e. The highest BCUT2D eigenvalue weighted by Crippen LogP contribution is 2.08. The quantitative estimate of drug-likeness (QED) is 0.703. The van der Waals surface area contributed by atoms with Crippen molar-refractivity contribution in [3.8, 4) is 0 Å². The first kappa shape index (κ1) is 7.86. The lowest BCUT2D eigenvalue weighted by molar-refractivity contribution is 1.08. The van der Waals surface area contributed by atoms with E-state index in [0.717, 1.165) is 11.0 Å². The molecule has 0 fully saturated rings. The van der Waals surface area contributed by atoms with Gasteiger partial charge in [-0.1, -0.05) is 18.2 Å². The molecule has 66 valence electrons. The van der Waals surface area contributed by atoms with E-state index >= 15 is 0 Å². The van der Waals surface area contributed by atoms with E-state index in [0.29, 0.717) is 0 Å². The van der Waals surface area contributed by atoms with Gasteiger partial charge in [0.05, 0.1) is 11.0 Å². The Morgan fingerprint density at radius 1 is 1.38 bits per heavy atom. The Bertz CT molecular complexity index is 505. The molecule has 1 aromatic heterocycles. The molecule has 1 heterocycles. The fraction of sp³-hybridized carbons (Fsp3) is 0.100. The van der Waals surface area contributed by atoms with Crippen molar-refractivity contribution in [2.24, 2.45) is 0 Å². The number of benzene rings is 1.